The summed E-state index contributed by atoms with van der Waals surface area (Å²) in [6, 6.07) is 1.17. The van der Waals surface area contributed by atoms with Gasteiger partial charge in [0.25, 0.3) is 0 Å². The molecule has 4 heteroatoms. The molecule has 1 fully saturated rings. The smallest absolute Gasteiger partial charge is 0.203 e. The second kappa shape index (κ2) is 6.50. The van der Waals surface area contributed by atoms with Crippen LogP contribution in [0.3, 0.4) is 0 Å². The summed E-state index contributed by atoms with van der Waals surface area (Å²) < 4.78 is 2.37. The summed E-state index contributed by atoms with van der Waals surface area (Å²) >= 11 is 1.91. The fourth-order valence-electron chi connectivity index (χ4n) is 2.67. The molecule has 0 saturated heterocycles. The maximum absolute atomic E-state index is 4.65. The monoisotopic (exact) mass is 267 g/mol. The summed E-state index contributed by atoms with van der Waals surface area (Å²) in [4.78, 5) is 4.65. The summed E-state index contributed by atoms with van der Waals surface area (Å²) in [5.41, 5.74) is 1.13. The molecule has 0 bridgehead atoms. The fourth-order valence-corrected chi connectivity index (χ4v) is 3.26. The SMILES string of the molecule is CSCCC(C)Nc1nc(C)cn1C1CCCC1. The quantitative estimate of drug-likeness (QED) is 0.849. The first-order valence-corrected chi connectivity index (χ1v) is 8.41. The van der Waals surface area contributed by atoms with E-state index in [0.29, 0.717) is 12.1 Å². The number of anilines is 1. The Labute approximate surface area is 115 Å². The van der Waals surface area contributed by atoms with Crippen molar-refractivity contribution in [2.75, 3.05) is 17.3 Å². The maximum Gasteiger partial charge on any atom is 0.203 e. The van der Waals surface area contributed by atoms with Gasteiger partial charge in [0.1, 0.15) is 0 Å². The number of aromatic nitrogens is 2. The Kier molecular flexibility index (Phi) is 4.98. The Hall–Kier alpha value is -0.640. The lowest BCUT2D eigenvalue weighted by Crippen LogP contribution is -2.20. The van der Waals surface area contributed by atoms with Gasteiger partial charge in [-0.3, -0.25) is 0 Å². The average molecular weight is 267 g/mol. The van der Waals surface area contributed by atoms with Gasteiger partial charge in [-0.1, -0.05) is 12.8 Å². The fraction of sp³-hybridized carbons (Fsp3) is 0.786. The van der Waals surface area contributed by atoms with E-state index in [4.69, 9.17) is 0 Å². The van der Waals surface area contributed by atoms with Gasteiger partial charge in [-0.15, -0.1) is 0 Å². The Balaban J connectivity index is 2.02. The van der Waals surface area contributed by atoms with Crippen molar-refractivity contribution in [1.82, 2.24) is 9.55 Å². The highest BCUT2D eigenvalue weighted by atomic mass is 32.2. The Morgan fingerprint density at radius 2 is 2.22 bits per heavy atom. The lowest BCUT2D eigenvalue weighted by molar-refractivity contribution is 0.520. The molecule has 0 spiro atoms. The van der Waals surface area contributed by atoms with Crippen LogP contribution in [-0.2, 0) is 0 Å². The molecule has 1 atom stereocenters. The predicted octanol–water partition coefficient (Wildman–Crippen LogP) is 3.86. The number of aryl methyl sites for hydroxylation is 1. The van der Waals surface area contributed by atoms with E-state index in [1.165, 1.54) is 37.9 Å². The molecule has 1 aliphatic carbocycles. The minimum absolute atomic E-state index is 0.499. The van der Waals surface area contributed by atoms with E-state index in [0.717, 1.165) is 11.6 Å². The number of hydrogen-bond acceptors (Lipinski definition) is 3. The van der Waals surface area contributed by atoms with Crippen LogP contribution >= 0.6 is 11.8 Å². The maximum atomic E-state index is 4.65. The number of rotatable bonds is 6. The van der Waals surface area contributed by atoms with Crippen molar-refractivity contribution < 1.29 is 0 Å². The normalized spacial score (nSPS) is 18.2. The molecule has 102 valence electrons. The van der Waals surface area contributed by atoms with Crippen molar-refractivity contribution in [3.63, 3.8) is 0 Å². The Morgan fingerprint density at radius 1 is 1.50 bits per heavy atom. The largest absolute Gasteiger partial charge is 0.353 e. The van der Waals surface area contributed by atoms with Crippen LogP contribution < -0.4 is 5.32 Å². The van der Waals surface area contributed by atoms with Gasteiger partial charge in [0.2, 0.25) is 5.95 Å². The first-order chi connectivity index (χ1) is 8.70. The molecule has 18 heavy (non-hydrogen) atoms. The topological polar surface area (TPSA) is 29.9 Å². The van der Waals surface area contributed by atoms with Crippen LogP contribution in [-0.4, -0.2) is 27.6 Å². The van der Waals surface area contributed by atoms with Gasteiger partial charge in [-0.2, -0.15) is 11.8 Å². The van der Waals surface area contributed by atoms with Crippen LogP contribution in [0.2, 0.25) is 0 Å². The summed E-state index contributed by atoms with van der Waals surface area (Å²) in [7, 11) is 0. The first-order valence-electron chi connectivity index (χ1n) is 7.01. The molecule has 1 aromatic rings. The third kappa shape index (κ3) is 3.44. The highest BCUT2D eigenvalue weighted by Gasteiger charge is 2.20. The van der Waals surface area contributed by atoms with Gasteiger partial charge in [-0.25, -0.2) is 4.98 Å². The zero-order valence-corrected chi connectivity index (χ0v) is 12.6. The third-order valence-electron chi connectivity index (χ3n) is 3.70. The predicted molar refractivity (Wildman–Crippen MR) is 80.6 cm³/mol. The van der Waals surface area contributed by atoms with Crippen LogP contribution in [0.5, 0.6) is 0 Å². The zero-order valence-electron chi connectivity index (χ0n) is 11.8. The van der Waals surface area contributed by atoms with Crippen LogP contribution in [0.25, 0.3) is 0 Å². The lowest BCUT2D eigenvalue weighted by atomic mass is 10.2. The Morgan fingerprint density at radius 3 is 2.89 bits per heavy atom. The Bertz CT molecular complexity index is 369. The molecular formula is C14H25N3S. The number of thioether (sulfide) groups is 1. The molecule has 2 rings (SSSR count). The van der Waals surface area contributed by atoms with Gasteiger partial charge in [-0.05, 0) is 45.1 Å². The van der Waals surface area contributed by atoms with Crippen molar-refractivity contribution in [1.29, 1.82) is 0 Å². The molecule has 1 saturated carbocycles. The van der Waals surface area contributed by atoms with Crippen molar-refractivity contribution in [3.05, 3.63) is 11.9 Å². The number of hydrogen-bond donors (Lipinski definition) is 1. The molecule has 1 unspecified atom stereocenters. The third-order valence-corrected chi connectivity index (χ3v) is 4.35. The second-order valence-corrected chi connectivity index (χ2v) is 6.36. The summed E-state index contributed by atoms with van der Waals surface area (Å²) in [5, 5.41) is 3.58. The molecule has 1 aliphatic rings. The number of imidazole rings is 1. The van der Waals surface area contributed by atoms with Gasteiger partial charge >= 0.3 is 0 Å². The van der Waals surface area contributed by atoms with Crippen LogP contribution in [0.15, 0.2) is 6.20 Å². The van der Waals surface area contributed by atoms with Crippen molar-refractivity contribution >= 4 is 17.7 Å². The standard InChI is InChI=1S/C14H25N3S/c1-11(8-9-18-3)15-14-16-12(2)10-17(14)13-6-4-5-7-13/h10-11,13H,4-9H2,1-3H3,(H,15,16). The summed E-state index contributed by atoms with van der Waals surface area (Å²) in [6.45, 7) is 4.34. The van der Waals surface area contributed by atoms with Crippen molar-refractivity contribution in [2.24, 2.45) is 0 Å². The van der Waals surface area contributed by atoms with E-state index in [1.54, 1.807) is 0 Å². The van der Waals surface area contributed by atoms with E-state index >= 15 is 0 Å². The van der Waals surface area contributed by atoms with Gasteiger partial charge in [0, 0.05) is 18.3 Å². The lowest BCUT2D eigenvalue weighted by Gasteiger charge is -2.19. The second-order valence-electron chi connectivity index (χ2n) is 5.38. The first kappa shape index (κ1) is 13.8. The van der Waals surface area contributed by atoms with Gasteiger partial charge in [0.15, 0.2) is 0 Å². The molecular weight excluding hydrogens is 242 g/mol. The molecule has 1 aromatic heterocycles. The highest BCUT2D eigenvalue weighted by Crippen LogP contribution is 2.32. The number of nitrogens with one attached hydrogen (secondary N) is 1. The van der Waals surface area contributed by atoms with Crippen LogP contribution in [0, 0.1) is 6.92 Å². The molecule has 3 nitrogen and oxygen atoms in total. The minimum atomic E-state index is 0.499. The average Bonchev–Trinajstić information content (AvgIpc) is 2.95. The molecule has 0 radical (unpaired) electrons. The molecule has 1 N–H and O–H groups in total. The molecule has 1 heterocycles. The zero-order chi connectivity index (χ0) is 13.0. The van der Waals surface area contributed by atoms with Crippen LogP contribution in [0.1, 0.15) is 50.8 Å². The van der Waals surface area contributed by atoms with Gasteiger partial charge < -0.3 is 9.88 Å². The van der Waals surface area contributed by atoms with E-state index in [9.17, 15) is 0 Å². The van der Waals surface area contributed by atoms with Gasteiger partial charge in [0.05, 0.1) is 5.69 Å². The summed E-state index contributed by atoms with van der Waals surface area (Å²) in [5.74, 6) is 2.28. The summed E-state index contributed by atoms with van der Waals surface area (Å²) in [6.07, 6.45) is 10.9. The van der Waals surface area contributed by atoms with Crippen molar-refractivity contribution in [3.8, 4) is 0 Å². The van der Waals surface area contributed by atoms with Crippen molar-refractivity contribution in [2.45, 2.75) is 58.0 Å². The highest BCUT2D eigenvalue weighted by molar-refractivity contribution is 7.98. The molecule has 0 aliphatic heterocycles. The van der Waals surface area contributed by atoms with E-state index in [-0.39, 0.29) is 0 Å². The molecule has 0 aromatic carbocycles. The molecule has 0 amide bonds. The number of nitrogens with zero attached hydrogens (tertiary/aromatic N) is 2. The van der Waals surface area contributed by atoms with E-state index in [1.807, 2.05) is 11.8 Å². The van der Waals surface area contributed by atoms with E-state index in [2.05, 4.69) is 41.2 Å². The minimum Gasteiger partial charge on any atom is -0.353 e. The van der Waals surface area contributed by atoms with Crippen LogP contribution in [0.4, 0.5) is 5.95 Å². The van der Waals surface area contributed by atoms with E-state index < -0.39 is 0 Å².